The van der Waals surface area contributed by atoms with Crippen molar-refractivity contribution in [3.05, 3.63) is 83.3 Å². The maximum Gasteiger partial charge on any atom is 0.324 e. The van der Waals surface area contributed by atoms with Crippen molar-refractivity contribution in [1.29, 1.82) is 0 Å². The predicted octanol–water partition coefficient (Wildman–Crippen LogP) is 4.01. The van der Waals surface area contributed by atoms with Crippen LogP contribution in [0.3, 0.4) is 0 Å². The third-order valence-corrected chi connectivity index (χ3v) is 3.55. The number of amides is 2. The molecule has 6 nitrogen and oxygen atoms in total. The first-order chi connectivity index (χ1) is 12.1. The van der Waals surface area contributed by atoms with Crippen LogP contribution in [0.25, 0.3) is 0 Å². The topological polar surface area (TPSA) is 84.0 Å². The summed E-state index contributed by atoms with van der Waals surface area (Å²) in [6.45, 7) is 0. The van der Waals surface area contributed by atoms with Crippen molar-refractivity contribution in [3.8, 4) is 0 Å². The number of benzene rings is 2. The van der Waals surface area contributed by atoms with Gasteiger partial charge in [0.05, 0.1) is 11.9 Å². The molecule has 25 heavy (non-hydrogen) atoms. The van der Waals surface area contributed by atoms with Crippen LogP contribution in [0.1, 0.15) is 15.9 Å². The van der Waals surface area contributed by atoms with E-state index in [4.69, 9.17) is 11.6 Å². The molecular weight excluding hydrogens is 340 g/mol. The Morgan fingerprint density at radius 3 is 2.48 bits per heavy atom. The van der Waals surface area contributed by atoms with E-state index >= 15 is 0 Å². The van der Waals surface area contributed by atoms with E-state index in [1.54, 1.807) is 36.4 Å². The molecule has 0 saturated heterocycles. The third-order valence-electron chi connectivity index (χ3n) is 3.32. The second-order valence-corrected chi connectivity index (χ2v) is 5.49. The van der Waals surface area contributed by atoms with Crippen molar-refractivity contribution in [2.24, 2.45) is 0 Å². The Hall–Kier alpha value is -3.25. The van der Waals surface area contributed by atoms with Gasteiger partial charge in [-0.2, -0.15) is 0 Å². The quantitative estimate of drug-likeness (QED) is 0.695. The largest absolute Gasteiger partial charge is 0.324 e. The van der Waals surface area contributed by atoms with Crippen LogP contribution in [0.15, 0.2) is 67.1 Å². The average molecular weight is 353 g/mol. The molecule has 0 bridgehead atoms. The highest BCUT2D eigenvalue weighted by Gasteiger charge is 2.16. The highest BCUT2D eigenvalue weighted by molar-refractivity contribution is 6.31. The number of carbonyl (C=O) groups is 2. The Kier molecular flexibility index (Phi) is 5.01. The van der Waals surface area contributed by atoms with Crippen LogP contribution >= 0.6 is 11.6 Å². The fourth-order valence-corrected chi connectivity index (χ4v) is 2.36. The van der Waals surface area contributed by atoms with E-state index in [0.29, 0.717) is 27.7 Å². The lowest BCUT2D eigenvalue weighted by molar-refractivity contribution is 0.103. The van der Waals surface area contributed by atoms with Gasteiger partial charge in [-0.25, -0.2) is 9.78 Å². The van der Waals surface area contributed by atoms with E-state index in [1.165, 1.54) is 24.7 Å². The van der Waals surface area contributed by atoms with Crippen molar-refractivity contribution in [2.75, 3.05) is 10.6 Å². The van der Waals surface area contributed by atoms with Gasteiger partial charge in [0.15, 0.2) is 11.6 Å². The minimum atomic E-state index is -0.537. The van der Waals surface area contributed by atoms with Gasteiger partial charge < -0.3 is 5.32 Å². The Bertz CT molecular complexity index is 901. The smallest absolute Gasteiger partial charge is 0.307 e. The molecule has 1 aromatic heterocycles. The van der Waals surface area contributed by atoms with Crippen molar-refractivity contribution in [1.82, 2.24) is 9.97 Å². The Morgan fingerprint density at radius 2 is 1.76 bits per heavy atom. The SMILES string of the molecule is O=C(Nc1cnccn1)Nc1ccc(Cl)cc1C(=O)c1ccccc1. The molecule has 0 saturated carbocycles. The summed E-state index contributed by atoms with van der Waals surface area (Å²) in [5, 5.41) is 5.58. The fraction of sp³-hybridized carbons (Fsp3) is 0. The van der Waals surface area contributed by atoms with Crippen LogP contribution < -0.4 is 10.6 Å². The molecule has 2 N–H and O–H groups in total. The van der Waals surface area contributed by atoms with Gasteiger partial charge in [-0.05, 0) is 18.2 Å². The normalized spacial score (nSPS) is 10.1. The van der Waals surface area contributed by atoms with Crippen molar-refractivity contribution < 1.29 is 9.59 Å². The molecule has 0 aliphatic heterocycles. The number of ketones is 1. The summed E-state index contributed by atoms with van der Waals surface area (Å²) < 4.78 is 0. The Labute approximate surface area is 148 Å². The third kappa shape index (κ3) is 4.19. The van der Waals surface area contributed by atoms with Crippen LogP contribution in [-0.4, -0.2) is 21.8 Å². The molecule has 0 spiro atoms. The van der Waals surface area contributed by atoms with Gasteiger partial charge in [0, 0.05) is 28.5 Å². The van der Waals surface area contributed by atoms with Crippen LogP contribution in [0.4, 0.5) is 16.3 Å². The lowest BCUT2D eigenvalue weighted by atomic mass is 10.0. The summed E-state index contributed by atoms with van der Waals surface area (Å²) in [6, 6.07) is 12.9. The molecule has 0 aliphatic carbocycles. The average Bonchev–Trinajstić information content (AvgIpc) is 2.64. The molecular formula is C18H13ClN4O2. The maximum absolute atomic E-state index is 12.7. The molecule has 0 unspecified atom stereocenters. The number of nitrogens with one attached hydrogen (secondary N) is 2. The van der Waals surface area contributed by atoms with Gasteiger partial charge in [0.25, 0.3) is 0 Å². The molecule has 0 fully saturated rings. The number of anilines is 2. The lowest BCUT2D eigenvalue weighted by Crippen LogP contribution is -2.21. The molecule has 2 amide bonds. The Morgan fingerprint density at radius 1 is 0.960 bits per heavy atom. The number of rotatable bonds is 4. The highest BCUT2D eigenvalue weighted by atomic mass is 35.5. The van der Waals surface area contributed by atoms with Crippen molar-refractivity contribution in [2.45, 2.75) is 0 Å². The highest BCUT2D eigenvalue weighted by Crippen LogP contribution is 2.24. The zero-order valence-electron chi connectivity index (χ0n) is 12.9. The van der Waals surface area contributed by atoms with Crippen LogP contribution in [0.5, 0.6) is 0 Å². The molecule has 0 atom stereocenters. The van der Waals surface area contributed by atoms with E-state index < -0.39 is 6.03 Å². The standard InChI is InChI=1S/C18H13ClN4O2/c19-13-6-7-15(22-18(25)23-16-11-20-8-9-21-16)14(10-13)17(24)12-4-2-1-3-5-12/h1-11H,(H2,21,22,23,25). The summed E-state index contributed by atoms with van der Waals surface area (Å²) >= 11 is 6.02. The zero-order valence-corrected chi connectivity index (χ0v) is 13.7. The first-order valence-electron chi connectivity index (χ1n) is 7.37. The molecule has 124 valence electrons. The van der Waals surface area contributed by atoms with Crippen LogP contribution in [-0.2, 0) is 0 Å². The van der Waals surface area contributed by atoms with E-state index in [2.05, 4.69) is 20.6 Å². The Balaban J connectivity index is 1.84. The van der Waals surface area contributed by atoms with E-state index in [9.17, 15) is 9.59 Å². The predicted molar refractivity (Wildman–Crippen MR) is 96.0 cm³/mol. The first kappa shape index (κ1) is 16.6. The second kappa shape index (κ2) is 7.55. The van der Waals surface area contributed by atoms with E-state index in [0.717, 1.165) is 0 Å². The molecule has 3 aromatic rings. The summed E-state index contributed by atoms with van der Waals surface area (Å²) in [5.74, 6) is 0.0582. The number of halogens is 1. The minimum Gasteiger partial charge on any atom is -0.307 e. The van der Waals surface area contributed by atoms with Gasteiger partial charge >= 0.3 is 6.03 Å². The summed E-state index contributed by atoms with van der Waals surface area (Å²) in [5.41, 5.74) is 1.15. The maximum atomic E-state index is 12.7. The molecule has 0 aliphatic rings. The molecule has 1 heterocycles. The van der Waals surface area contributed by atoms with E-state index in [-0.39, 0.29) is 5.78 Å². The van der Waals surface area contributed by atoms with Crippen molar-refractivity contribution in [3.63, 3.8) is 0 Å². The van der Waals surface area contributed by atoms with Gasteiger partial charge in [0.1, 0.15) is 0 Å². The molecule has 7 heteroatoms. The van der Waals surface area contributed by atoms with Gasteiger partial charge in [0.2, 0.25) is 0 Å². The fourth-order valence-electron chi connectivity index (χ4n) is 2.19. The van der Waals surface area contributed by atoms with E-state index in [1.807, 2.05) is 6.07 Å². The minimum absolute atomic E-state index is 0.238. The summed E-state index contributed by atoms with van der Waals surface area (Å²) in [7, 11) is 0. The zero-order chi connectivity index (χ0) is 17.6. The number of carbonyl (C=O) groups excluding carboxylic acids is 2. The molecule has 2 aromatic carbocycles. The van der Waals surface area contributed by atoms with Crippen molar-refractivity contribution >= 4 is 34.9 Å². The summed E-state index contributed by atoms with van der Waals surface area (Å²) in [6.07, 6.45) is 4.37. The molecule has 0 radical (unpaired) electrons. The monoisotopic (exact) mass is 352 g/mol. The van der Waals surface area contributed by atoms with Gasteiger partial charge in [-0.1, -0.05) is 41.9 Å². The number of aromatic nitrogens is 2. The van der Waals surface area contributed by atoms with Crippen LogP contribution in [0.2, 0.25) is 5.02 Å². The number of urea groups is 1. The van der Waals surface area contributed by atoms with Gasteiger partial charge in [-0.3, -0.25) is 15.1 Å². The number of nitrogens with zero attached hydrogens (tertiary/aromatic N) is 2. The number of hydrogen-bond acceptors (Lipinski definition) is 4. The first-order valence-corrected chi connectivity index (χ1v) is 7.74. The molecule has 3 rings (SSSR count). The second-order valence-electron chi connectivity index (χ2n) is 5.05. The number of hydrogen-bond donors (Lipinski definition) is 2. The summed E-state index contributed by atoms with van der Waals surface area (Å²) in [4.78, 5) is 32.7. The lowest BCUT2D eigenvalue weighted by Gasteiger charge is -2.11. The van der Waals surface area contributed by atoms with Gasteiger partial charge in [-0.15, -0.1) is 0 Å². The van der Waals surface area contributed by atoms with Crippen LogP contribution in [0, 0.1) is 0 Å².